The first-order chi connectivity index (χ1) is 8.39. The lowest BCUT2D eigenvalue weighted by Gasteiger charge is -2.13. The Morgan fingerprint density at radius 3 is 2.33 bits per heavy atom. The minimum absolute atomic E-state index is 0.123. The second kappa shape index (κ2) is 4.84. The lowest BCUT2D eigenvalue weighted by atomic mass is 10.1. The summed E-state index contributed by atoms with van der Waals surface area (Å²) in [6, 6.07) is 10.1. The number of aromatic hydroxyl groups is 1. The molecule has 2 aromatic carbocycles. The van der Waals surface area contributed by atoms with E-state index in [1.54, 1.807) is 36.4 Å². The fourth-order valence-electron chi connectivity index (χ4n) is 1.60. The van der Waals surface area contributed by atoms with Crippen molar-refractivity contribution in [3.8, 4) is 5.75 Å². The van der Waals surface area contributed by atoms with Gasteiger partial charge in [-0.1, -0.05) is 59.1 Å². The molecular weight excluding hydrogens is 296 g/mol. The number of carbonyl (C=O) groups is 1. The summed E-state index contributed by atoms with van der Waals surface area (Å²) in [5.41, 5.74) is 0.472. The monoisotopic (exact) mass is 303 g/mol. The molecule has 0 radical (unpaired) electrons. The summed E-state index contributed by atoms with van der Waals surface area (Å²) in [5.74, 6) is -0.624. The number of nitrogens with one attached hydrogen (secondary N) is 1. The van der Waals surface area contributed by atoms with Crippen molar-refractivity contribution >= 4 is 57.2 Å². The number of alkyl halides is 3. The molecule has 0 aromatic heterocycles. The van der Waals surface area contributed by atoms with Crippen LogP contribution in [0.25, 0.3) is 10.8 Å². The summed E-state index contributed by atoms with van der Waals surface area (Å²) in [4.78, 5) is 11.6. The Kier molecular flexibility index (Phi) is 3.57. The van der Waals surface area contributed by atoms with Crippen molar-refractivity contribution in [3.05, 3.63) is 36.4 Å². The van der Waals surface area contributed by atoms with Crippen LogP contribution in [0.5, 0.6) is 5.75 Å². The molecule has 0 aliphatic rings. The largest absolute Gasteiger partial charge is 0.507 e. The lowest BCUT2D eigenvalue weighted by molar-refractivity contribution is -0.115. The molecule has 3 nitrogen and oxygen atoms in total. The standard InChI is InChI=1S/C12H8Cl3NO2/c13-12(14,15)11(18)16-9-5-1-4-8-7(9)3-2-6-10(8)17/h1-6,17H,(H,16,18). The van der Waals surface area contributed by atoms with Crippen LogP contribution in [-0.2, 0) is 4.79 Å². The topological polar surface area (TPSA) is 49.3 Å². The van der Waals surface area contributed by atoms with Gasteiger partial charge in [0.05, 0.1) is 0 Å². The van der Waals surface area contributed by atoms with E-state index in [0.29, 0.717) is 16.5 Å². The van der Waals surface area contributed by atoms with Crippen LogP contribution in [0, 0.1) is 0 Å². The number of anilines is 1. The number of halogens is 3. The Morgan fingerprint density at radius 1 is 1.06 bits per heavy atom. The van der Waals surface area contributed by atoms with Crippen LogP contribution in [0.4, 0.5) is 5.69 Å². The number of fused-ring (bicyclic) bond motifs is 1. The molecule has 0 bridgehead atoms. The maximum absolute atomic E-state index is 11.6. The van der Waals surface area contributed by atoms with Gasteiger partial charge in [0, 0.05) is 16.5 Å². The second-order valence-electron chi connectivity index (χ2n) is 3.63. The third-order valence-electron chi connectivity index (χ3n) is 2.40. The molecule has 2 N–H and O–H groups in total. The van der Waals surface area contributed by atoms with E-state index >= 15 is 0 Å². The number of phenolic OH excluding ortho intramolecular Hbond substituents is 1. The molecular formula is C12H8Cl3NO2. The number of benzene rings is 2. The van der Waals surface area contributed by atoms with E-state index in [2.05, 4.69) is 5.32 Å². The van der Waals surface area contributed by atoms with Crippen molar-refractivity contribution in [3.63, 3.8) is 0 Å². The Hall–Kier alpha value is -1.16. The van der Waals surface area contributed by atoms with Gasteiger partial charge in [0.15, 0.2) is 0 Å². The zero-order chi connectivity index (χ0) is 13.3. The summed E-state index contributed by atoms with van der Waals surface area (Å²) in [6.07, 6.45) is 0. The van der Waals surface area contributed by atoms with Crippen LogP contribution in [0.2, 0.25) is 0 Å². The zero-order valence-corrected chi connectivity index (χ0v) is 11.2. The normalized spacial score (nSPS) is 11.5. The Labute approximate surface area is 118 Å². The first kappa shape index (κ1) is 13.3. The maximum atomic E-state index is 11.6. The second-order valence-corrected chi connectivity index (χ2v) is 5.91. The van der Waals surface area contributed by atoms with Crippen molar-refractivity contribution in [1.82, 2.24) is 0 Å². The molecule has 0 spiro atoms. The summed E-state index contributed by atoms with van der Waals surface area (Å²) in [7, 11) is 0. The van der Waals surface area contributed by atoms with Gasteiger partial charge in [0.1, 0.15) is 5.75 Å². The number of amides is 1. The number of hydrogen-bond donors (Lipinski definition) is 2. The molecule has 0 atom stereocenters. The molecule has 94 valence electrons. The lowest BCUT2D eigenvalue weighted by Crippen LogP contribution is -2.26. The third kappa shape index (κ3) is 2.64. The smallest absolute Gasteiger partial charge is 0.276 e. The van der Waals surface area contributed by atoms with E-state index in [4.69, 9.17) is 34.8 Å². The molecule has 0 unspecified atom stereocenters. The molecule has 0 aliphatic heterocycles. The van der Waals surface area contributed by atoms with Crippen molar-refractivity contribution in [1.29, 1.82) is 0 Å². The van der Waals surface area contributed by atoms with Gasteiger partial charge >= 0.3 is 0 Å². The van der Waals surface area contributed by atoms with Crippen molar-refractivity contribution in [2.24, 2.45) is 0 Å². The van der Waals surface area contributed by atoms with Gasteiger partial charge in [-0.25, -0.2) is 0 Å². The van der Waals surface area contributed by atoms with E-state index in [0.717, 1.165) is 0 Å². The zero-order valence-electron chi connectivity index (χ0n) is 8.95. The van der Waals surface area contributed by atoms with E-state index in [9.17, 15) is 9.90 Å². The molecule has 2 rings (SSSR count). The highest BCUT2D eigenvalue weighted by Crippen LogP contribution is 2.32. The minimum Gasteiger partial charge on any atom is -0.507 e. The first-order valence-electron chi connectivity index (χ1n) is 4.98. The highest BCUT2D eigenvalue weighted by molar-refractivity contribution is 6.76. The van der Waals surface area contributed by atoms with Gasteiger partial charge in [-0.15, -0.1) is 0 Å². The molecule has 1 amide bonds. The number of hydrogen-bond acceptors (Lipinski definition) is 2. The Bertz CT molecular complexity index is 608. The van der Waals surface area contributed by atoms with Gasteiger partial charge in [-0.2, -0.15) is 0 Å². The SMILES string of the molecule is O=C(Nc1cccc2c(O)cccc12)C(Cl)(Cl)Cl. The fraction of sp³-hybridized carbons (Fsp3) is 0.0833. The van der Waals surface area contributed by atoms with Crippen LogP contribution >= 0.6 is 34.8 Å². The fourth-order valence-corrected chi connectivity index (χ4v) is 1.74. The molecule has 0 aliphatic carbocycles. The summed E-state index contributed by atoms with van der Waals surface area (Å²) < 4.78 is -2.03. The maximum Gasteiger partial charge on any atom is 0.276 e. The molecule has 2 aromatic rings. The number of carbonyl (C=O) groups excluding carboxylic acids is 1. The quantitative estimate of drug-likeness (QED) is 0.786. The van der Waals surface area contributed by atoms with Crippen molar-refractivity contribution in [2.45, 2.75) is 3.79 Å². The molecule has 0 saturated carbocycles. The van der Waals surface area contributed by atoms with Gasteiger partial charge < -0.3 is 10.4 Å². The molecule has 6 heteroatoms. The van der Waals surface area contributed by atoms with Crippen LogP contribution < -0.4 is 5.32 Å². The average molecular weight is 305 g/mol. The third-order valence-corrected chi connectivity index (χ3v) is 2.92. The summed E-state index contributed by atoms with van der Waals surface area (Å²) in [5, 5.41) is 13.5. The highest BCUT2D eigenvalue weighted by Gasteiger charge is 2.30. The summed E-state index contributed by atoms with van der Waals surface area (Å²) >= 11 is 16.5. The molecule has 0 fully saturated rings. The van der Waals surface area contributed by atoms with Crippen LogP contribution in [0.3, 0.4) is 0 Å². The van der Waals surface area contributed by atoms with Gasteiger partial charge in [0.25, 0.3) is 9.70 Å². The highest BCUT2D eigenvalue weighted by atomic mass is 35.6. The average Bonchev–Trinajstić information content (AvgIpc) is 2.29. The first-order valence-corrected chi connectivity index (χ1v) is 6.12. The van der Waals surface area contributed by atoms with E-state index in [1.807, 2.05) is 0 Å². The predicted octanol–water partition coefficient (Wildman–Crippen LogP) is 3.85. The van der Waals surface area contributed by atoms with Gasteiger partial charge in [-0.3, -0.25) is 4.79 Å². The molecule has 18 heavy (non-hydrogen) atoms. The van der Waals surface area contributed by atoms with Gasteiger partial charge in [0.2, 0.25) is 0 Å². The molecule has 0 heterocycles. The van der Waals surface area contributed by atoms with Crippen LogP contribution in [0.1, 0.15) is 0 Å². The Balaban J connectivity index is 2.47. The predicted molar refractivity (Wildman–Crippen MR) is 74.5 cm³/mol. The molecule has 0 saturated heterocycles. The van der Waals surface area contributed by atoms with Crippen LogP contribution in [-0.4, -0.2) is 14.8 Å². The Morgan fingerprint density at radius 2 is 1.67 bits per heavy atom. The van der Waals surface area contributed by atoms with Gasteiger partial charge in [-0.05, 0) is 12.1 Å². The van der Waals surface area contributed by atoms with E-state index < -0.39 is 9.70 Å². The van der Waals surface area contributed by atoms with Crippen molar-refractivity contribution < 1.29 is 9.90 Å². The summed E-state index contributed by atoms with van der Waals surface area (Å²) in [6.45, 7) is 0. The minimum atomic E-state index is -2.03. The van der Waals surface area contributed by atoms with Crippen molar-refractivity contribution in [2.75, 3.05) is 5.32 Å². The number of phenols is 1. The van der Waals surface area contributed by atoms with Crippen LogP contribution in [0.15, 0.2) is 36.4 Å². The van der Waals surface area contributed by atoms with E-state index in [1.165, 1.54) is 0 Å². The van der Waals surface area contributed by atoms with E-state index in [-0.39, 0.29) is 5.75 Å². The number of rotatable bonds is 1.